The number of benzene rings is 2. The van der Waals surface area contributed by atoms with Crippen molar-refractivity contribution < 1.29 is 13.2 Å². The lowest BCUT2D eigenvalue weighted by Crippen LogP contribution is -2.37. The molecule has 3 rings (SSSR count). The van der Waals surface area contributed by atoms with E-state index in [4.69, 9.17) is 0 Å². The van der Waals surface area contributed by atoms with Crippen LogP contribution in [0.5, 0.6) is 0 Å². The van der Waals surface area contributed by atoms with Crippen LogP contribution >= 0.6 is 11.8 Å². The zero-order valence-corrected chi connectivity index (χ0v) is 19.3. The highest BCUT2D eigenvalue weighted by atomic mass is 32.2. The second kappa shape index (κ2) is 8.50. The van der Waals surface area contributed by atoms with Gasteiger partial charge in [0.15, 0.2) is 0 Å². The van der Waals surface area contributed by atoms with Crippen LogP contribution in [-0.4, -0.2) is 45.0 Å². The van der Waals surface area contributed by atoms with Crippen LogP contribution in [-0.2, 0) is 21.2 Å². The fourth-order valence-corrected chi connectivity index (χ4v) is 5.76. The zero-order chi connectivity index (χ0) is 21.3. The molecule has 0 bridgehead atoms. The molecule has 1 amide bonds. The molecule has 0 spiro atoms. The summed E-state index contributed by atoms with van der Waals surface area (Å²) in [6.45, 7) is 6.90. The van der Waals surface area contributed by atoms with Crippen molar-refractivity contribution in [1.82, 2.24) is 4.31 Å². The Hall–Kier alpha value is -1.83. The van der Waals surface area contributed by atoms with E-state index in [2.05, 4.69) is 32.9 Å². The number of aryl methyl sites for hydroxylation is 4. The van der Waals surface area contributed by atoms with Crippen molar-refractivity contribution in [3.05, 3.63) is 52.6 Å². The highest BCUT2D eigenvalue weighted by Gasteiger charge is 2.25. The molecule has 5 nitrogen and oxygen atoms in total. The van der Waals surface area contributed by atoms with Gasteiger partial charge in [-0.25, -0.2) is 12.7 Å². The molecule has 1 aliphatic heterocycles. The number of carbonyl (C=O) groups excluding carboxylic acids is 1. The van der Waals surface area contributed by atoms with E-state index in [-0.39, 0.29) is 10.8 Å². The normalized spacial score (nSPS) is 14.2. The van der Waals surface area contributed by atoms with Gasteiger partial charge in [-0.15, -0.1) is 11.8 Å². The summed E-state index contributed by atoms with van der Waals surface area (Å²) in [5, 5.41) is 0. The molecule has 7 heteroatoms. The SMILES string of the molecule is Cc1cc(C)c(SCC(=O)N2CCCc3cc(S(=O)(=O)N(C)C)ccc32)c(C)c1. The predicted molar refractivity (Wildman–Crippen MR) is 119 cm³/mol. The minimum Gasteiger partial charge on any atom is -0.311 e. The maximum atomic E-state index is 13.0. The lowest BCUT2D eigenvalue weighted by molar-refractivity contribution is -0.116. The number of sulfonamides is 1. The van der Waals surface area contributed by atoms with E-state index in [0.717, 1.165) is 29.0 Å². The number of thioether (sulfide) groups is 1. The van der Waals surface area contributed by atoms with Gasteiger partial charge >= 0.3 is 0 Å². The molecule has 0 fully saturated rings. The van der Waals surface area contributed by atoms with Crippen LogP contribution in [0.15, 0.2) is 40.1 Å². The number of rotatable bonds is 5. The van der Waals surface area contributed by atoms with Crippen LogP contribution in [0.2, 0.25) is 0 Å². The van der Waals surface area contributed by atoms with Crippen molar-refractivity contribution in [3.63, 3.8) is 0 Å². The van der Waals surface area contributed by atoms with Gasteiger partial charge in [-0.05, 0) is 68.5 Å². The first-order valence-electron chi connectivity index (χ1n) is 9.67. The summed E-state index contributed by atoms with van der Waals surface area (Å²) >= 11 is 1.58. The zero-order valence-electron chi connectivity index (χ0n) is 17.7. The van der Waals surface area contributed by atoms with E-state index in [0.29, 0.717) is 12.3 Å². The molecule has 0 unspecified atom stereocenters. The number of anilines is 1. The summed E-state index contributed by atoms with van der Waals surface area (Å²) in [6.07, 6.45) is 1.61. The van der Waals surface area contributed by atoms with E-state index in [1.165, 1.54) is 35.1 Å². The molecule has 1 heterocycles. The van der Waals surface area contributed by atoms with Gasteiger partial charge in [0.25, 0.3) is 0 Å². The van der Waals surface area contributed by atoms with Crippen LogP contribution in [0.25, 0.3) is 0 Å². The topological polar surface area (TPSA) is 57.7 Å². The number of hydrogen-bond acceptors (Lipinski definition) is 4. The van der Waals surface area contributed by atoms with Crippen molar-refractivity contribution in [2.24, 2.45) is 0 Å². The minimum atomic E-state index is -3.48. The molecule has 0 saturated carbocycles. The summed E-state index contributed by atoms with van der Waals surface area (Å²) in [7, 11) is -0.432. The first-order chi connectivity index (χ1) is 13.6. The molecule has 0 atom stereocenters. The van der Waals surface area contributed by atoms with Crippen molar-refractivity contribution in [2.75, 3.05) is 31.3 Å². The molecule has 0 saturated heterocycles. The average Bonchev–Trinajstić information content (AvgIpc) is 2.65. The minimum absolute atomic E-state index is 0.0542. The second-order valence-corrected chi connectivity index (χ2v) is 10.9. The van der Waals surface area contributed by atoms with E-state index in [1.54, 1.807) is 34.9 Å². The summed E-state index contributed by atoms with van der Waals surface area (Å²) in [6, 6.07) is 9.37. The Morgan fingerprint density at radius 1 is 1.10 bits per heavy atom. The third-order valence-electron chi connectivity index (χ3n) is 5.19. The third kappa shape index (κ3) is 4.52. The molecular formula is C22H28N2O3S2. The van der Waals surface area contributed by atoms with E-state index in [9.17, 15) is 13.2 Å². The molecule has 0 aromatic heterocycles. The smallest absolute Gasteiger partial charge is 0.242 e. The average molecular weight is 433 g/mol. The molecule has 2 aromatic rings. The van der Waals surface area contributed by atoms with E-state index in [1.807, 2.05) is 0 Å². The van der Waals surface area contributed by atoms with Crippen molar-refractivity contribution in [1.29, 1.82) is 0 Å². The molecule has 0 radical (unpaired) electrons. The fraction of sp³-hybridized carbons (Fsp3) is 0.409. The second-order valence-electron chi connectivity index (χ2n) is 7.74. The first kappa shape index (κ1) is 21.9. The number of hydrogen-bond donors (Lipinski definition) is 0. The van der Waals surface area contributed by atoms with Gasteiger partial charge in [-0.1, -0.05) is 17.7 Å². The van der Waals surface area contributed by atoms with Gasteiger partial charge in [-0.3, -0.25) is 4.79 Å². The molecule has 2 aromatic carbocycles. The third-order valence-corrected chi connectivity index (χ3v) is 8.33. The maximum absolute atomic E-state index is 13.0. The van der Waals surface area contributed by atoms with Gasteiger partial charge in [0.2, 0.25) is 15.9 Å². The molecule has 29 heavy (non-hydrogen) atoms. The number of fused-ring (bicyclic) bond motifs is 1. The summed E-state index contributed by atoms with van der Waals surface area (Å²) in [5.41, 5.74) is 5.36. The van der Waals surface area contributed by atoms with Gasteiger partial charge in [0.05, 0.1) is 10.6 Å². The quantitative estimate of drug-likeness (QED) is 0.672. The van der Waals surface area contributed by atoms with E-state index < -0.39 is 10.0 Å². The highest BCUT2D eigenvalue weighted by Crippen LogP contribution is 2.32. The molecular weight excluding hydrogens is 404 g/mol. The number of amides is 1. The molecule has 0 N–H and O–H groups in total. The Balaban J connectivity index is 1.81. The Kier molecular flexibility index (Phi) is 6.41. The van der Waals surface area contributed by atoms with Crippen LogP contribution in [0.3, 0.4) is 0 Å². The summed E-state index contributed by atoms with van der Waals surface area (Å²) in [5.74, 6) is 0.417. The predicted octanol–water partition coefficient (Wildman–Crippen LogP) is 3.93. The summed E-state index contributed by atoms with van der Waals surface area (Å²) < 4.78 is 26.1. The Morgan fingerprint density at radius 3 is 2.38 bits per heavy atom. The monoisotopic (exact) mass is 432 g/mol. The van der Waals surface area contributed by atoms with Gasteiger partial charge in [-0.2, -0.15) is 0 Å². The van der Waals surface area contributed by atoms with Crippen molar-refractivity contribution >= 4 is 33.4 Å². The molecule has 1 aliphatic rings. The number of nitrogens with zero attached hydrogens (tertiary/aromatic N) is 2. The maximum Gasteiger partial charge on any atom is 0.242 e. The fourth-order valence-electron chi connectivity index (χ4n) is 3.81. The standard InChI is InChI=1S/C22H28N2O3S2/c1-15-11-16(2)22(17(3)12-15)28-14-21(25)24-10-6-7-18-13-19(8-9-20(18)24)29(26,27)23(4)5/h8-9,11-13H,6-7,10,14H2,1-5H3. The van der Waals surface area contributed by atoms with Gasteiger partial charge in [0, 0.05) is 31.2 Å². The number of carbonyl (C=O) groups is 1. The lowest BCUT2D eigenvalue weighted by Gasteiger charge is -2.30. The molecule has 156 valence electrons. The van der Waals surface area contributed by atoms with Gasteiger partial charge < -0.3 is 4.90 Å². The van der Waals surface area contributed by atoms with Crippen molar-refractivity contribution in [2.45, 2.75) is 43.4 Å². The van der Waals surface area contributed by atoms with Crippen LogP contribution < -0.4 is 4.90 Å². The van der Waals surface area contributed by atoms with Crippen LogP contribution in [0, 0.1) is 20.8 Å². The van der Waals surface area contributed by atoms with Crippen LogP contribution in [0.4, 0.5) is 5.69 Å². The highest BCUT2D eigenvalue weighted by molar-refractivity contribution is 8.00. The van der Waals surface area contributed by atoms with Crippen LogP contribution in [0.1, 0.15) is 28.7 Å². The lowest BCUT2D eigenvalue weighted by atomic mass is 10.0. The van der Waals surface area contributed by atoms with Gasteiger partial charge in [0.1, 0.15) is 0 Å². The van der Waals surface area contributed by atoms with Crippen molar-refractivity contribution in [3.8, 4) is 0 Å². The summed E-state index contributed by atoms with van der Waals surface area (Å²) in [4.78, 5) is 16.2. The first-order valence-corrected chi connectivity index (χ1v) is 12.1. The van der Waals surface area contributed by atoms with E-state index >= 15 is 0 Å². The Morgan fingerprint density at radius 2 is 1.76 bits per heavy atom. The Bertz CT molecular complexity index is 1020. The molecule has 0 aliphatic carbocycles. The Labute approximate surface area is 178 Å². The largest absolute Gasteiger partial charge is 0.311 e.